The van der Waals surface area contributed by atoms with Gasteiger partial charge in [-0.2, -0.15) is 0 Å². The van der Waals surface area contributed by atoms with Crippen LogP contribution in [0, 0.1) is 5.82 Å². The third-order valence-corrected chi connectivity index (χ3v) is 5.02. The summed E-state index contributed by atoms with van der Waals surface area (Å²) in [6.45, 7) is 4.86. The maximum Gasteiger partial charge on any atom is 0.205 e. The minimum absolute atomic E-state index is 0.0517. The molecule has 1 aliphatic heterocycles. The van der Waals surface area contributed by atoms with Gasteiger partial charge in [-0.1, -0.05) is 5.16 Å². The van der Waals surface area contributed by atoms with Crippen LogP contribution < -0.4 is 4.90 Å². The van der Waals surface area contributed by atoms with Crippen molar-refractivity contribution in [2.45, 2.75) is 26.1 Å². The highest BCUT2D eigenvalue weighted by Crippen LogP contribution is 2.37. The number of rotatable bonds is 3. The van der Waals surface area contributed by atoms with Gasteiger partial charge >= 0.3 is 0 Å². The normalized spacial score (nSPS) is 21.0. The summed E-state index contributed by atoms with van der Waals surface area (Å²) in [4.78, 5) is 18.3. The largest absolute Gasteiger partial charge is 0.372 e. The molecule has 1 fully saturated rings. The Morgan fingerprint density at radius 2 is 2.12 bits per heavy atom. The van der Waals surface area contributed by atoms with E-state index in [0.717, 1.165) is 4.88 Å². The Morgan fingerprint density at radius 3 is 2.76 bits per heavy atom. The van der Waals surface area contributed by atoms with Crippen molar-refractivity contribution in [2.75, 3.05) is 18.0 Å². The van der Waals surface area contributed by atoms with Crippen LogP contribution in [0.25, 0.3) is 21.5 Å². The lowest BCUT2D eigenvalue weighted by atomic mass is 10.1. The van der Waals surface area contributed by atoms with Gasteiger partial charge in [-0.05, 0) is 19.9 Å². The summed E-state index contributed by atoms with van der Waals surface area (Å²) in [5.74, 6) is -0.566. The smallest absolute Gasteiger partial charge is 0.205 e. The van der Waals surface area contributed by atoms with Crippen molar-refractivity contribution in [3.05, 3.63) is 29.2 Å². The molecule has 130 valence electrons. The summed E-state index contributed by atoms with van der Waals surface area (Å²) in [6.07, 6.45) is 2.20. The topological polar surface area (TPSA) is 68.5 Å². The molecule has 2 atom stereocenters. The van der Waals surface area contributed by atoms with Gasteiger partial charge in [-0.25, -0.2) is 4.39 Å². The zero-order valence-electron chi connectivity index (χ0n) is 13.7. The second-order valence-corrected chi connectivity index (χ2v) is 7.07. The van der Waals surface area contributed by atoms with Gasteiger partial charge in [0.15, 0.2) is 12.1 Å². The van der Waals surface area contributed by atoms with Gasteiger partial charge in [0, 0.05) is 24.8 Å². The fraction of sp³-hybridized carbons (Fsp3) is 0.353. The number of benzene rings is 1. The predicted octanol–water partition coefficient (Wildman–Crippen LogP) is 3.52. The van der Waals surface area contributed by atoms with E-state index in [9.17, 15) is 4.79 Å². The molecule has 0 aliphatic carbocycles. The fourth-order valence-electron chi connectivity index (χ4n) is 3.33. The molecule has 6 nitrogen and oxygen atoms in total. The Bertz CT molecular complexity index is 915. The van der Waals surface area contributed by atoms with Crippen LogP contribution in [-0.4, -0.2) is 41.7 Å². The lowest BCUT2D eigenvalue weighted by Crippen LogP contribution is -2.46. The molecule has 3 aromatic rings. The van der Waals surface area contributed by atoms with Crippen molar-refractivity contribution in [3.8, 4) is 10.6 Å². The number of nitrogens with zero attached hydrogens (tertiary/aromatic N) is 3. The summed E-state index contributed by atoms with van der Waals surface area (Å²) >= 11 is 1.38. The van der Waals surface area contributed by atoms with E-state index in [2.05, 4.69) is 10.1 Å². The first-order valence-electron chi connectivity index (χ1n) is 7.94. The molecule has 4 rings (SSSR count). The van der Waals surface area contributed by atoms with Crippen molar-refractivity contribution in [3.63, 3.8) is 0 Å². The number of morpholine rings is 1. The average Bonchev–Trinajstić information content (AvgIpc) is 3.22. The number of hydrogen-bond donors (Lipinski definition) is 0. The number of hydrogen-bond acceptors (Lipinski definition) is 7. The zero-order valence-corrected chi connectivity index (χ0v) is 14.5. The van der Waals surface area contributed by atoms with Crippen LogP contribution in [0.3, 0.4) is 0 Å². The van der Waals surface area contributed by atoms with Gasteiger partial charge < -0.3 is 14.2 Å². The fourth-order valence-corrected chi connectivity index (χ4v) is 3.95. The summed E-state index contributed by atoms with van der Waals surface area (Å²) in [5, 5.41) is 4.46. The highest BCUT2D eigenvalue weighted by molar-refractivity contribution is 7.13. The van der Waals surface area contributed by atoms with E-state index in [1.54, 1.807) is 17.8 Å². The SMILES string of the molecule is C[C@@H]1CN(c2c(C=O)cc3c(-c4cncs4)noc3c2F)C[C@H](C)O1. The van der Waals surface area contributed by atoms with Gasteiger partial charge in [0.05, 0.1) is 33.7 Å². The maximum absolute atomic E-state index is 15.2. The number of anilines is 1. The van der Waals surface area contributed by atoms with Gasteiger partial charge in [0.1, 0.15) is 5.69 Å². The van der Waals surface area contributed by atoms with E-state index in [1.807, 2.05) is 18.7 Å². The maximum atomic E-state index is 15.2. The Kier molecular flexibility index (Phi) is 4.01. The lowest BCUT2D eigenvalue weighted by molar-refractivity contribution is -0.00543. The molecule has 3 heterocycles. The molecule has 8 heteroatoms. The van der Waals surface area contributed by atoms with Crippen LogP contribution in [0.2, 0.25) is 0 Å². The number of halogens is 1. The van der Waals surface area contributed by atoms with Gasteiger partial charge in [-0.15, -0.1) is 11.3 Å². The highest BCUT2D eigenvalue weighted by Gasteiger charge is 2.29. The van der Waals surface area contributed by atoms with Crippen LogP contribution >= 0.6 is 11.3 Å². The zero-order chi connectivity index (χ0) is 17.6. The van der Waals surface area contributed by atoms with Crippen molar-refractivity contribution in [2.24, 2.45) is 0 Å². The minimum atomic E-state index is -0.566. The van der Waals surface area contributed by atoms with E-state index >= 15 is 4.39 Å². The number of fused-ring (bicyclic) bond motifs is 1. The number of carbonyl (C=O) groups is 1. The minimum Gasteiger partial charge on any atom is -0.372 e. The van der Waals surface area contributed by atoms with E-state index < -0.39 is 5.82 Å². The molecule has 1 aliphatic rings. The molecule has 0 radical (unpaired) electrons. The quantitative estimate of drug-likeness (QED) is 0.665. The Labute approximate surface area is 147 Å². The molecular weight excluding hydrogens is 345 g/mol. The van der Waals surface area contributed by atoms with Crippen molar-refractivity contribution in [1.82, 2.24) is 10.1 Å². The Morgan fingerprint density at radius 1 is 1.36 bits per heavy atom. The van der Waals surface area contributed by atoms with Crippen LogP contribution in [-0.2, 0) is 4.74 Å². The summed E-state index contributed by atoms with van der Waals surface area (Å²) in [6, 6.07) is 1.64. The number of carbonyl (C=O) groups excluding carboxylic acids is 1. The second kappa shape index (κ2) is 6.20. The first-order valence-corrected chi connectivity index (χ1v) is 8.82. The Hall–Kier alpha value is -2.32. The van der Waals surface area contributed by atoms with Crippen LogP contribution in [0.5, 0.6) is 0 Å². The molecule has 0 N–H and O–H groups in total. The van der Waals surface area contributed by atoms with E-state index in [4.69, 9.17) is 9.26 Å². The number of aromatic nitrogens is 2. The first-order chi connectivity index (χ1) is 12.1. The number of thiazole rings is 1. The molecule has 2 aromatic heterocycles. The molecule has 1 saturated heterocycles. The van der Waals surface area contributed by atoms with Crippen molar-refractivity contribution < 1.29 is 18.4 Å². The summed E-state index contributed by atoms with van der Waals surface area (Å²) in [5.41, 5.74) is 2.74. The van der Waals surface area contributed by atoms with E-state index in [-0.39, 0.29) is 29.0 Å². The standard InChI is InChI=1S/C17H16FN3O3S/c1-9-5-21(6-10(2)23-9)16-11(7-22)3-12-15(13-4-19-8-25-13)20-24-17(12)14(16)18/h3-4,7-10H,5-6H2,1-2H3/t9-,10+. The van der Waals surface area contributed by atoms with Crippen LogP contribution in [0.1, 0.15) is 24.2 Å². The van der Waals surface area contributed by atoms with Gasteiger partial charge in [0.25, 0.3) is 0 Å². The molecule has 0 amide bonds. The van der Waals surface area contributed by atoms with Gasteiger partial charge in [0.2, 0.25) is 5.58 Å². The third kappa shape index (κ3) is 2.71. The lowest BCUT2D eigenvalue weighted by Gasteiger charge is -2.37. The second-order valence-electron chi connectivity index (χ2n) is 6.18. The van der Waals surface area contributed by atoms with E-state index in [0.29, 0.717) is 30.5 Å². The molecule has 25 heavy (non-hydrogen) atoms. The summed E-state index contributed by atoms with van der Waals surface area (Å²) < 4.78 is 26.2. The molecule has 0 unspecified atom stereocenters. The van der Waals surface area contributed by atoms with Crippen molar-refractivity contribution >= 4 is 34.3 Å². The number of aldehydes is 1. The highest BCUT2D eigenvalue weighted by atomic mass is 32.1. The average molecular weight is 361 g/mol. The molecule has 1 aromatic carbocycles. The molecular formula is C17H16FN3O3S. The molecule has 0 spiro atoms. The van der Waals surface area contributed by atoms with Crippen LogP contribution in [0.15, 0.2) is 22.3 Å². The van der Waals surface area contributed by atoms with Crippen LogP contribution in [0.4, 0.5) is 10.1 Å². The van der Waals surface area contributed by atoms with E-state index in [1.165, 1.54) is 11.3 Å². The first kappa shape index (κ1) is 16.2. The molecule has 0 bridgehead atoms. The Balaban J connectivity index is 1.88. The van der Waals surface area contributed by atoms with Crippen molar-refractivity contribution in [1.29, 1.82) is 0 Å². The predicted molar refractivity (Wildman–Crippen MR) is 92.7 cm³/mol. The molecule has 0 saturated carbocycles. The summed E-state index contributed by atoms with van der Waals surface area (Å²) in [7, 11) is 0. The monoisotopic (exact) mass is 361 g/mol. The number of ether oxygens (including phenoxy) is 1. The third-order valence-electron chi connectivity index (χ3n) is 4.24. The van der Waals surface area contributed by atoms with Gasteiger partial charge in [-0.3, -0.25) is 9.78 Å².